The molecule has 1 aliphatic rings. The molecule has 142 valence electrons. The summed E-state index contributed by atoms with van der Waals surface area (Å²) in [4.78, 5) is 23.8. The first-order valence-electron chi connectivity index (χ1n) is 8.25. The predicted octanol–water partition coefficient (Wildman–Crippen LogP) is 1.83. The first-order valence-corrected chi connectivity index (χ1v) is 10.1. The first kappa shape index (κ1) is 19.1. The number of ether oxygens (including phenoxy) is 1. The molecule has 0 bridgehead atoms. The Balaban J connectivity index is 1.86. The van der Waals surface area contributed by atoms with Crippen LogP contribution in [0.1, 0.15) is 32.7 Å². The van der Waals surface area contributed by atoms with E-state index in [-0.39, 0.29) is 23.0 Å². The standard InChI is InChI=1S/C19H19NO6S/c1-27(24,25)16-8-6-15(7-9-16)19(10-11-26-12-19)20-17(21)13-2-4-14(5-3-13)18(22)23/h2-9H,10-12H2,1H3,(H,20,21)(H,22,23). The van der Waals surface area contributed by atoms with Gasteiger partial charge >= 0.3 is 5.97 Å². The summed E-state index contributed by atoms with van der Waals surface area (Å²) in [6.45, 7) is 0.732. The summed E-state index contributed by atoms with van der Waals surface area (Å²) in [5.41, 5.74) is 0.419. The van der Waals surface area contributed by atoms with E-state index in [2.05, 4.69) is 5.32 Å². The highest BCUT2D eigenvalue weighted by Crippen LogP contribution is 2.31. The Morgan fingerprint density at radius 2 is 1.63 bits per heavy atom. The molecule has 27 heavy (non-hydrogen) atoms. The topological polar surface area (TPSA) is 110 Å². The fraction of sp³-hybridized carbons (Fsp3) is 0.263. The van der Waals surface area contributed by atoms with Crippen molar-refractivity contribution in [2.45, 2.75) is 16.9 Å². The van der Waals surface area contributed by atoms with Crippen molar-refractivity contribution >= 4 is 21.7 Å². The lowest BCUT2D eigenvalue weighted by atomic mass is 9.88. The summed E-state index contributed by atoms with van der Waals surface area (Å²) >= 11 is 0. The van der Waals surface area contributed by atoms with Crippen molar-refractivity contribution < 1.29 is 27.9 Å². The summed E-state index contributed by atoms with van der Waals surface area (Å²) in [6.07, 6.45) is 1.68. The minimum Gasteiger partial charge on any atom is -0.478 e. The number of hydrogen-bond donors (Lipinski definition) is 2. The minimum absolute atomic E-state index is 0.0989. The van der Waals surface area contributed by atoms with Crippen LogP contribution in [0.5, 0.6) is 0 Å². The Labute approximate surface area is 156 Å². The van der Waals surface area contributed by atoms with Crippen molar-refractivity contribution in [2.24, 2.45) is 0 Å². The minimum atomic E-state index is -3.31. The van der Waals surface area contributed by atoms with Crippen LogP contribution in [0.2, 0.25) is 0 Å². The number of carboxylic acid groups (broad SMARTS) is 1. The lowest BCUT2D eigenvalue weighted by Crippen LogP contribution is -2.46. The highest BCUT2D eigenvalue weighted by molar-refractivity contribution is 7.90. The SMILES string of the molecule is CS(=O)(=O)c1ccc(C2(NC(=O)c3ccc(C(=O)O)cc3)CCOC2)cc1. The van der Waals surface area contributed by atoms with Gasteiger partial charge in [0.1, 0.15) is 0 Å². The summed E-state index contributed by atoms with van der Waals surface area (Å²) in [5.74, 6) is -1.42. The number of carbonyl (C=O) groups excluding carboxylic acids is 1. The van der Waals surface area contributed by atoms with E-state index in [4.69, 9.17) is 9.84 Å². The van der Waals surface area contributed by atoms with Crippen LogP contribution in [0, 0.1) is 0 Å². The number of sulfone groups is 1. The van der Waals surface area contributed by atoms with E-state index in [1.807, 2.05) is 0 Å². The van der Waals surface area contributed by atoms with E-state index >= 15 is 0 Å². The molecular formula is C19H19NO6S. The molecule has 0 spiro atoms. The molecule has 1 saturated heterocycles. The van der Waals surface area contributed by atoms with E-state index in [1.165, 1.54) is 36.4 Å². The number of benzene rings is 2. The van der Waals surface area contributed by atoms with Gasteiger partial charge in [-0.1, -0.05) is 12.1 Å². The zero-order chi connectivity index (χ0) is 19.7. The number of nitrogens with one attached hydrogen (secondary N) is 1. The molecule has 1 aliphatic heterocycles. The van der Waals surface area contributed by atoms with Gasteiger partial charge in [0, 0.05) is 24.8 Å². The second-order valence-corrected chi connectivity index (χ2v) is 8.53. The van der Waals surface area contributed by atoms with Crippen molar-refractivity contribution in [1.82, 2.24) is 5.32 Å². The van der Waals surface area contributed by atoms with Gasteiger partial charge in [-0.2, -0.15) is 0 Å². The number of hydrogen-bond acceptors (Lipinski definition) is 5. The molecule has 2 N–H and O–H groups in total. The molecule has 3 rings (SSSR count). The molecule has 0 radical (unpaired) electrons. The average Bonchev–Trinajstić information content (AvgIpc) is 3.11. The van der Waals surface area contributed by atoms with Crippen LogP contribution in [0.25, 0.3) is 0 Å². The summed E-state index contributed by atoms with van der Waals surface area (Å²) in [7, 11) is -3.31. The number of amides is 1. The third-order valence-electron chi connectivity index (χ3n) is 4.60. The average molecular weight is 389 g/mol. The van der Waals surface area contributed by atoms with E-state index in [0.29, 0.717) is 18.6 Å². The molecule has 0 saturated carbocycles. The van der Waals surface area contributed by atoms with Gasteiger partial charge in [0.25, 0.3) is 5.91 Å². The molecule has 0 aliphatic carbocycles. The maximum Gasteiger partial charge on any atom is 0.335 e. The van der Waals surface area contributed by atoms with Gasteiger partial charge in [-0.05, 0) is 42.0 Å². The molecule has 0 aromatic heterocycles. The zero-order valence-electron chi connectivity index (χ0n) is 14.6. The fourth-order valence-corrected chi connectivity index (χ4v) is 3.67. The molecule has 1 atom stereocenters. The number of carbonyl (C=O) groups is 2. The maximum atomic E-state index is 12.7. The summed E-state index contributed by atoms with van der Waals surface area (Å²) in [5, 5.41) is 11.9. The first-order chi connectivity index (χ1) is 12.7. The Kier molecular flexibility index (Phi) is 5.03. The van der Waals surface area contributed by atoms with Crippen LogP contribution < -0.4 is 5.32 Å². The van der Waals surface area contributed by atoms with E-state index < -0.39 is 21.3 Å². The van der Waals surface area contributed by atoms with Gasteiger partial charge in [0.2, 0.25) is 0 Å². The second kappa shape index (κ2) is 7.13. The second-order valence-electron chi connectivity index (χ2n) is 6.52. The van der Waals surface area contributed by atoms with Crippen molar-refractivity contribution in [3.63, 3.8) is 0 Å². The smallest absolute Gasteiger partial charge is 0.335 e. The highest BCUT2D eigenvalue weighted by Gasteiger charge is 2.38. The van der Waals surface area contributed by atoms with Gasteiger partial charge in [-0.25, -0.2) is 13.2 Å². The van der Waals surface area contributed by atoms with Gasteiger partial charge < -0.3 is 15.2 Å². The zero-order valence-corrected chi connectivity index (χ0v) is 15.5. The van der Waals surface area contributed by atoms with Crippen LogP contribution in [-0.2, 0) is 20.1 Å². The molecule has 2 aromatic carbocycles. The van der Waals surface area contributed by atoms with E-state index in [9.17, 15) is 18.0 Å². The molecule has 1 fully saturated rings. The van der Waals surface area contributed by atoms with Crippen LogP contribution in [0.3, 0.4) is 0 Å². The van der Waals surface area contributed by atoms with Gasteiger partial charge in [-0.3, -0.25) is 4.79 Å². The highest BCUT2D eigenvalue weighted by atomic mass is 32.2. The van der Waals surface area contributed by atoms with Crippen molar-refractivity contribution in [3.8, 4) is 0 Å². The van der Waals surface area contributed by atoms with Crippen molar-refractivity contribution in [2.75, 3.05) is 19.5 Å². The van der Waals surface area contributed by atoms with Crippen LogP contribution in [-0.4, -0.2) is 44.9 Å². The summed E-state index contributed by atoms with van der Waals surface area (Å²) in [6, 6.07) is 12.0. The fourth-order valence-electron chi connectivity index (χ4n) is 3.04. The van der Waals surface area contributed by atoms with Crippen molar-refractivity contribution in [3.05, 3.63) is 65.2 Å². The molecule has 1 heterocycles. The molecule has 1 unspecified atom stereocenters. The Bertz CT molecular complexity index is 958. The van der Waals surface area contributed by atoms with Crippen LogP contribution in [0.15, 0.2) is 53.4 Å². The summed E-state index contributed by atoms with van der Waals surface area (Å²) < 4.78 is 28.8. The number of aromatic carboxylic acids is 1. The lowest BCUT2D eigenvalue weighted by Gasteiger charge is -2.29. The number of carboxylic acids is 1. The van der Waals surface area contributed by atoms with Gasteiger partial charge in [-0.15, -0.1) is 0 Å². The third kappa shape index (κ3) is 4.01. The third-order valence-corrected chi connectivity index (χ3v) is 5.73. The number of rotatable bonds is 5. The van der Waals surface area contributed by atoms with Crippen molar-refractivity contribution in [1.29, 1.82) is 0 Å². The Morgan fingerprint density at radius 3 is 2.11 bits per heavy atom. The largest absolute Gasteiger partial charge is 0.478 e. The van der Waals surface area contributed by atoms with E-state index in [1.54, 1.807) is 12.1 Å². The maximum absolute atomic E-state index is 12.7. The van der Waals surface area contributed by atoms with Crippen LogP contribution in [0.4, 0.5) is 0 Å². The molecule has 8 heteroatoms. The normalized spacial score (nSPS) is 19.6. The molecule has 7 nitrogen and oxygen atoms in total. The van der Waals surface area contributed by atoms with E-state index in [0.717, 1.165) is 11.8 Å². The predicted molar refractivity (Wildman–Crippen MR) is 97.5 cm³/mol. The van der Waals surface area contributed by atoms with Gasteiger partial charge in [0.15, 0.2) is 9.84 Å². The molecular weight excluding hydrogens is 370 g/mol. The molecule has 1 amide bonds. The lowest BCUT2D eigenvalue weighted by molar-refractivity contribution is 0.0696. The Morgan fingerprint density at radius 1 is 1.04 bits per heavy atom. The van der Waals surface area contributed by atoms with Gasteiger partial charge in [0.05, 0.1) is 22.6 Å². The monoisotopic (exact) mass is 389 g/mol. The molecule has 2 aromatic rings. The quantitative estimate of drug-likeness (QED) is 0.807. The Hall–Kier alpha value is -2.71. The van der Waals surface area contributed by atoms with Crippen LogP contribution >= 0.6 is 0 Å².